The van der Waals surface area contributed by atoms with Gasteiger partial charge in [-0.1, -0.05) is 23.7 Å². The van der Waals surface area contributed by atoms with Crippen molar-refractivity contribution in [3.05, 3.63) is 77.0 Å². The van der Waals surface area contributed by atoms with Crippen LogP contribution in [-0.2, 0) is 0 Å². The Morgan fingerprint density at radius 1 is 1.13 bits per heavy atom. The molecule has 0 fully saturated rings. The second-order valence-corrected chi connectivity index (χ2v) is 6.89. The molecule has 3 aromatic heterocycles. The van der Waals surface area contributed by atoms with Gasteiger partial charge in [0.05, 0.1) is 11.7 Å². The van der Waals surface area contributed by atoms with Crippen molar-refractivity contribution in [1.29, 1.82) is 5.26 Å². The number of carbonyl (C=O) groups is 1. The van der Waals surface area contributed by atoms with Crippen LogP contribution in [-0.4, -0.2) is 26.0 Å². The molecule has 0 saturated heterocycles. The van der Waals surface area contributed by atoms with Crippen LogP contribution < -0.4 is 5.32 Å². The number of fused-ring (bicyclic) bond motifs is 1. The van der Waals surface area contributed by atoms with E-state index in [9.17, 15) is 9.90 Å². The van der Waals surface area contributed by atoms with Gasteiger partial charge in [-0.05, 0) is 48.4 Å². The molecule has 8 heteroatoms. The summed E-state index contributed by atoms with van der Waals surface area (Å²) in [6, 6.07) is 14.0. The van der Waals surface area contributed by atoms with Crippen LogP contribution in [0.25, 0.3) is 22.0 Å². The SMILES string of the molecule is Cc1c(NC(=O)c2ncc3nc(Cl)ccc3c2O)cccc1-c1ccc(C#N)nc1. The Bertz CT molecular complexity index is 1330. The molecule has 0 aliphatic heterocycles. The largest absolute Gasteiger partial charge is 0.505 e. The van der Waals surface area contributed by atoms with Gasteiger partial charge in [-0.2, -0.15) is 5.26 Å². The quantitative estimate of drug-likeness (QED) is 0.477. The Kier molecular flexibility index (Phi) is 5.00. The number of anilines is 1. The minimum Gasteiger partial charge on any atom is -0.505 e. The summed E-state index contributed by atoms with van der Waals surface area (Å²) in [7, 11) is 0. The van der Waals surface area contributed by atoms with E-state index in [0.29, 0.717) is 22.3 Å². The number of nitrogens with one attached hydrogen (secondary N) is 1. The molecule has 0 bridgehead atoms. The number of carbonyl (C=O) groups excluding carboxylic acids is 1. The number of pyridine rings is 3. The van der Waals surface area contributed by atoms with Gasteiger partial charge in [0, 0.05) is 22.8 Å². The van der Waals surface area contributed by atoms with Crippen LogP contribution in [0.5, 0.6) is 5.75 Å². The highest BCUT2D eigenvalue weighted by Crippen LogP contribution is 2.30. The fraction of sp³-hybridized carbons (Fsp3) is 0.0455. The molecule has 30 heavy (non-hydrogen) atoms. The van der Waals surface area contributed by atoms with Crippen LogP contribution in [0.4, 0.5) is 5.69 Å². The van der Waals surface area contributed by atoms with E-state index in [0.717, 1.165) is 16.7 Å². The van der Waals surface area contributed by atoms with Crippen molar-refractivity contribution >= 4 is 34.1 Å². The lowest BCUT2D eigenvalue weighted by Gasteiger charge is -2.13. The monoisotopic (exact) mass is 415 g/mol. The predicted octanol–water partition coefficient (Wildman–Crippen LogP) is 4.48. The van der Waals surface area contributed by atoms with Crippen molar-refractivity contribution in [2.45, 2.75) is 6.92 Å². The van der Waals surface area contributed by atoms with E-state index in [-0.39, 0.29) is 16.6 Å². The Morgan fingerprint density at radius 3 is 2.70 bits per heavy atom. The normalized spacial score (nSPS) is 10.6. The average Bonchev–Trinajstić information content (AvgIpc) is 2.75. The highest BCUT2D eigenvalue weighted by molar-refractivity contribution is 6.29. The van der Waals surface area contributed by atoms with Gasteiger partial charge in [0.15, 0.2) is 11.4 Å². The third kappa shape index (κ3) is 3.52. The molecule has 0 aliphatic rings. The molecule has 0 aliphatic carbocycles. The second kappa shape index (κ2) is 7.78. The van der Waals surface area contributed by atoms with Crippen LogP contribution in [0.15, 0.2) is 54.9 Å². The van der Waals surface area contributed by atoms with Crippen molar-refractivity contribution in [3.63, 3.8) is 0 Å². The maximum absolute atomic E-state index is 12.8. The van der Waals surface area contributed by atoms with Gasteiger partial charge in [-0.3, -0.25) is 4.79 Å². The summed E-state index contributed by atoms with van der Waals surface area (Å²) in [5.74, 6) is -0.818. The lowest BCUT2D eigenvalue weighted by molar-refractivity contribution is 0.101. The van der Waals surface area contributed by atoms with E-state index in [1.807, 2.05) is 19.1 Å². The van der Waals surface area contributed by atoms with Crippen molar-refractivity contribution in [2.75, 3.05) is 5.32 Å². The molecular weight excluding hydrogens is 402 g/mol. The zero-order valence-corrected chi connectivity index (χ0v) is 16.5. The summed E-state index contributed by atoms with van der Waals surface area (Å²) in [6.45, 7) is 1.86. The third-order valence-electron chi connectivity index (χ3n) is 4.67. The van der Waals surface area contributed by atoms with Gasteiger partial charge < -0.3 is 10.4 Å². The number of halogens is 1. The van der Waals surface area contributed by atoms with Crippen LogP contribution >= 0.6 is 11.6 Å². The van der Waals surface area contributed by atoms with Gasteiger partial charge >= 0.3 is 0 Å². The Hall–Kier alpha value is -4.02. The number of benzene rings is 1. The zero-order chi connectivity index (χ0) is 21.3. The van der Waals surface area contributed by atoms with Crippen molar-refractivity contribution < 1.29 is 9.90 Å². The molecule has 0 spiro atoms. The predicted molar refractivity (Wildman–Crippen MR) is 113 cm³/mol. The van der Waals surface area contributed by atoms with E-state index in [1.54, 1.807) is 36.5 Å². The van der Waals surface area contributed by atoms with E-state index in [4.69, 9.17) is 16.9 Å². The first-order chi connectivity index (χ1) is 14.5. The number of nitriles is 1. The van der Waals surface area contributed by atoms with E-state index in [2.05, 4.69) is 20.3 Å². The number of aromatic hydroxyl groups is 1. The molecule has 0 unspecified atom stereocenters. The van der Waals surface area contributed by atoms with Gasteiger partial charge in [-0.25, -0.2) is 15.0 Å². The molecule has 3 heterocycles. The highest BCUT2D eigenvalue weighted by atomic mass is 35.5. The number of nitrogens with zero attached hydrogens (tertiary/aromatic N) is 4. The summed E-state index contributed by atoms with van der Waals surface area (Å²) in [4.78, 5) is 25.0. The third-order valence-corrected chi connectivity index (χ3v) is 4.88. The lowest BCUT2D eigenvalue weighted by atomic mass is 10.00. The van der Waals surface area contributed by atoms with Crippen LogP contribution in [0, 0.1) is 18.3 Å². The number of amides is 1. The van der Waals surface area contributed by atoms with E-state index >= 15 is 0 Å². The number of hydrogen-bond donors (Lipinski definition) is 2. The topological polar surface area (TPSA) is 112 Å². The smallest absolute Gasteiger partial charge is 0.278 e. The summed E-state index contributed by atoms with van der Waals surface area (Å²) in [5.41, 5.74) is 3.66. The minimum atomic E-state index is -0.553. The molecule has 0 saturated carbocycles. The zero-order valence-electron chi connectivity index (χ0n) is 15.7. The molecule has 0 atom stereocenters. The van der Waals surface area contributed by atoms with E-state index < -0.39 is 5.91 Å². The number of hydrogen-bond acceptors (Lipinski definition) is 6. The average molecular weight is 416 g/mol. The first-order valence-electron chi connectivity index (χ1n) is 8.89. The van der Waals surface area contributed by atoms with Gasteiger partial charge in [-0.15, -0.1) is 0 Å². The number of rotatable bonds is 3. The highest BCUT2D eigenvalue weighted by Gasteiger charge is 2.18. The molecule has 0 radical (unpaired) electrons. The Morgan fingerprint density at radius 2 is 1.97 bits per heavy atom. The van der Waals surface area contributed by atoms with Crippen LogP contribution in [0.3, 0.4) is 0 Å². The first kappa shape index (κ1) is 19.3. The number of aromatic nitrogens is 3. The first-order valence-corrected chi connectivity index (χ1v) is 9.27. The van der Waals surface area contributed by atoms with Gasteiger partial charge in [0.25, 0.3) is 5.91 Å². The molecular formula is C22H14ClN5O2. The minimum absolute atomic E-state index is 0.114. The molecule has 7 nitrogen and oxygen atoms in total. The summed E-state index contributed by atoms with van der Waals surface area (Å²) >= 11 is 5.86. The van der Waals surface area contributed by atoms with Gasteiger partial charge in [0.1, 0.15) is 16.9 Å². The standard InChI is InChI=1S/C22H14ClN5O2/c1-12-15(13-5-6-14(9-24)25-10-13)3-2-4-17(12)28-22(30)20-21(29)16-7-8-19(23)27-18(16)11-26-20/h2-8,10-11,29H,1H3,(H,28,30). The lowest BCUT2D eigenvalue weighted by Crippen LogP contribution is -2.15. The van der Waals surface area contributed by atoms with Crippen LogP contribution in [0.2, 0.25) is 5.15 Å². The maximum Gasteiger partial charge on any atom is 0.278 e. The van der Waals surface area contributed by atoms with Crippen molar-refractivity contribution in [2.24, 2.45) is 0 Å². The Balaban J connectivity index is 1.67. The second-order valence-electron chi connectivity index (χ2n) is 6.50. The van der Waals surface area contributed by atoms with Crippen molar-refractivity contribution in [3.8, 4) is 22.9 Å². The van der Waals surface area contributed by atoms with Crippen molar-refractivity contribution in [1.82, 2.24) is 15.0 Å². The summed E-state index contributed by atoms with van der Waals surface area (Å²) in [6.07, 6.45) is 3.00. The maximum atomic E-state index is 12.8. The van der Waals surface area contributed by atoms with E-state index in [1.165, 1.54) is 12.3 Å². The molecule has 2 N–H and O–H groups in total. The Labute approximate surface area is 176 Å². The molecule has 1 aromatic carbocycles. The fourth-order valence-electron chi connectivity index (χ4n) is 3.11. The molecule has 146 valence electrons. The van der Waals surface area contributed by atoms with Gasteiger partial charge in [0.2, 0.25) is 0 Å². The summed E-state index contributed by atoms with van der Waals surface area (Å²) < 4.78 is 0. The summed E-state index contributed by atoms with van der Waals surface area (Å²) in [5, 5.41) is 22.9. The molecule has 4 aromatic rings. The van der Waals surface area contributed by atoms with Crippen LogP contribution in [0.1, 0.15) is 21.7 Å². The fourth-order valence-corrected chi connectivity index (χ4v) is 3.27. The molecule has 4 rings (SSSR count). The molecule has 1 amide bonds.